The number of carbonyl (C=O) groups is 1. The van der Waals surface area contributed by atoms with Gasteiger partial charge in [0.25, 0.3) is 11.6 Å². The molecular weight excluding hydrogens is 372 g/mol. The van der Waals surface area contributed by atoms with Crippen molar-refractivity contribution in [2.45, 2.75) is 6.92 Å². The molecule has 0 saturated carbocycles. The highest BCUT2D eigenvalue weighted by atomic mass is 16.6. The van der Waals surface area contributed by atoms with Crippen LogP contribution in [-0.2, 0) is 0 Å². The van der Waals surface area contributed by atoms with Crippen molar-refractivity contribution in [3.05, 3.63) is 82.2 Å². The number of nitro benzene ring substituents is 1. The summed E-state index contributed by atoms with van der Waals surface area (Å²) in [6, 6.07) is 13.0. The molecule has 0 aliphatic heterocycles. The maximum Gasteiger partial charge on any atom is 0.270 e. The Morgan fingerprint density at radius 2 is 1.97 bits per heavy atom. The zero-order valence-corrected chi connectivity index (χ0v) is 16.2. The summed E-state index contributed by atoms with van der Waals surface area (Å²) < 4.78 is 5.79. The molecule has 1 amide bonds. The van der Waals surface area contributed by atoms with Crippen LogP contribution in [-0.4, -0.2) is 29.9 Å². The first kappa shape index (κ1) is 19.8. The second-order valence-corrected chi connectivity index (χ2v) is 6.58. The fourth-order valence-electron chi connectivity index (χ4n) is 2.78. The molecule has 0 atom stereocenters. The fraction of sp³-hybridized carbons (Fsp3) is 0.143. The van der Waals surface area contributed by atoms with Gasteiger partial charge in [-0.15, -0.1) is 0 Å². The number of nitro groups is 1. The summed E-state index contributed by atoms with van der Waals surface area (Å²) in [7, 11) is 3.54. The molecule has 0 unspecified atom stereocenters. The van der Waals surface area contributed by atoms with Crippen molar-refractivity contribution in [1.82, 2.24) is 4.98 Å². The van der Waals surface area contributed by atoms with Gasteiger partial charge in [0.2, 0.25) is 0 Å². The average molecular weight is 392 g/mol. The predicted molar refractivity (Wildman–Crippen MR) is 111 cm³/mol. The number of anilines is 2. The van der Waals surface area contributed by atoms with Crippen LogP contribution in [0.25, 0.3) is 0 Å². The number of carbonyl (C=O) groups excluding carboxylic acids is 1. The van der Waals surface area contributed by atoms with E-state index in [9.17, 15) is 14.9 Å². The third kappa shape index (κ3) is 4.67. The van der Waals surface area contributed by atoms with E-state index in [1.165, 1.54) is 12.1 Å². The van der Waals surface area contributed by atoms with Gasteiger partial charge in [0, 0.05) is 43.8 Å². The van der Waals surface area contributed by atoms with Crippen molar-refractivity contribution in [2.75, 3.05) is 24.3 Å². The fourth-order valence-corrected chi connectivity index (χ4v) is 2.78. The lowest BCUT2D eigenvalue weighted by atomic mass is 10.1. The van der Waals surface area contributed by atoms with Crippen LogP contribution in [0, 0.1) is 17.0 Å². The molecule has 8 heteroatoms. The predicted octanol–water partition coefficient (Wildman–Crippen LogP) is 4.41. The van der Waals surface area contributed by atoms with E-state index in [4.69, 9.17) is 4.74 Å². The van der Waals surface area contributed by atoms with Crippen LogP contribution in [0.3, 0.4) is 0 Å². The van der Waals surface area contributed by atoms with Crippen LogP contribution in [0.2, 0.25) is 0 Å². The number of amides is 1. The van der Waals surface area contributed by atoms with Gasteiger partial charge in [-0.25, -0.2) is 0 Å². The van der Waals surface area contributed by atoms with E-state index in [2.05, 4.69) is 10.3 Å². The zero-order chi connectivity index (χ0) is 21.0. The van der Waals surface area contributed by atoms with Crippen molar-refractivity contribution in [3.63, 3.8) is 0 Å². The molecule has 0 radical (unpaired) electrons. The summed E-state index contributed by atoms with van der Waals surface area (Å²) >= 11 is 0. The van der Waals surface area contributed by atoms with Gasteiger partial charge in [-0.1, -0.05) is 0 Å². The Morgan fingerprint density at radius 1 is 1.17 bits per heavy atom. The van der Waals surface area contributed by atoms with Crippen molar-refractivity contribution >= 4 is 23.0 Å². The highest BCUT2D eigenvalue weighted by Gasteiger charge is 2.18. The van der Waals surface area contributed by atoms with Crippen LogP contribution in [0.4, 0.5) is 17.1 Å². The van der Waals surface area contributed by atoms with Crippen molar-refractivity contribution in [3.8, 4) is 11.5 Å². The number of nitrogens with one attached hydrogen (secondary N) is 1. The van der Waals surface area contributed by atoms with Crippen LogP contribution < -0.4 is 15.0 Å². The number of hydrogen-bond acceptors (Lipinski definition) is 6. The molecule has 0 saturated heterocycles. The summed E-state index contributed by atoms with van der Waals surface area (Å²) in [6.45, 7) is 1.86. The van der Waals surface area contributed by atoms with Gasteiger partial charge in [0.15, 0.2) is 0 Å². The van der Waals surface area contributed by atoms with Gasteiger partial charge in [0.05, 0.1) is 16.7 Å². The maximum absolute atomic E-state index is 12.8. The van der Waals surface area contributed by atoms with Crippen molar-refractivity contribution in [2.24, 2.45) is 0 Å². The molecule has 0 spiro atoms. The zero-order valence-electron chi connectivity index (χ0n) is 16.2. The van der Waals surface area contributed by atoms with Crippen LogP contribution in [0.5, 0.6) is 11.5 Å². The Hall–Kier alpha value is -3.94. The minimum atomic E-state index is -0.523. The smallest absolute Gasteiger partial charge is 0.270 e. The number of nitrogens with zero attached hydrogens (tertiary/aromatic N) is 3. The van der Waals surface area contributed by atoms with Crippen LogP contribution >= 0.6 is 0 Å². The number of aromatic nitrogens is 1. The van der Waals surface area contributed by atoms with Crippen LogP contribution in [0.15, 0.2) is 60.9 Å². The van der Waals surface area contributed by atoms with E-state index >= 15 is 0 Å². The molecule has 2 aromatic carbocycles. The molecule has 0 aliphatic carbocycles. The van der Waals surface area contributed by atoms with Crippen molar-refractivity contribution < 1.29 is 14.5 Å². The van der Waals surface area contributed by atoms with Gasteiger partial charge >= 0.3 is 0 Å². The lowest BCUT2D eigenvalue weighted by Gasteiger charge is -2.17. The Balaban J connectivity index is 1.83. The first-order valence-electron chi connectivity index (χ1n) is 8.81. The normalized spacial score (nSPS) is 10.3. The maximum atomic E-state index is 12.8. The summed E-state index contributed by atoms with van der Waals surface area (Å²) in [5.41, 5.74) is 2.04. The lowest BCUT2D eigenvalue weighted by molar-refractivity contribution is -0.384. The lowest BCUT2D eigenvalue weighted by Crippen LogP contribution is -2.18. The molecule has 0 aliphatic rings. The SMILES string of the molecule is Cc1cc(NC(=O)c2cc([N+](=O)[O-])ccc2N(C)C)ccc1Oc1cccnc1. The number of pyridine rings is 1. The second kappa shape index (κ2) is 8.39. The number of rotatable bonds is 6. The molecule has 29 heavy (non-hydrogen) atoms. The highest BCUT2D eigenvalue weighted by Crippen LogP contribution is 2.28. The quantitative estimate of drug-likeness (QED) is 0.493. The standard InChI is InChI=1S/C21H20N4O4/c1-14-11-15(6-9-20(14)29-17-5-4-10-22-13-17)23-21(26)18-12-16(25(27)28)7-8-19(18)24(2)3/h4-13H,1-3H3,(H,23,26). The Labute approximate surface area is 167 Å². The summed E-state index contributed by atoms with van der Waals surface area (Å²) in [4.78, 5) is 29.1. The monoisotopic (exact) mass is 392 g/mol. The molecule has 1 heterocycles. The molecule has 3 aromatic rings. The van der Waals surface area contributed by atoms with Crippen LogP contribution in [0.1, 0.15) is 15.9 Å². The molecule has 1 N–H and O–H groups in total. The van der Waals surface area contributed by atoms with Gasteiger partial charge in [-0.3, -0.25) is 19.9 Å². The Morgan fingerprint density at radius 3 is 2.59 bits per heavy atom. The summed E-state index contributed by atoms with van der Waals surface area (Å²) in [5, 5.41) is 13.9. The number of benzene rings is 2. The van der Waals surface area contributed by atoms with E-state index in [1.54, 1.807) is 67.8 Å². The third-order valence-electron chi connectivity index (χ3n) is 4.21. The van der Waals surface area contributed by atoms with Gasteiger partial charge in [-0.05, 0) is 48.9 Å². The molecule has 1 aromatic heterocycles. The van der Waals surface area contributed by atoms with Gasteiger partial charge in [-0.2, -0.15) is 0 Å². The van der Waals surface area contributed by atoms with E-state index in [-0.39, 0.29) is 11.3 Å². The highest BCUT2D eigenvalue weighted by molar-refractivity contribution is 6.08. The Bertz CT molecular complexity index is 1050. The molecule has 3 rings (SSSR count). The molecule has 0 bridgehead atoms. The van der Waals surface area contributed by atoms with E-state index < -0.39 is 10.8 Å². The molecular formula is C21H20N4O4. The number of hydrogen-bond donors (Lipinski definition) is 1. The van der Waals surface area contributed by atoms with Gasteiger partial charge in [0.1, 0.15) is 11.5 Å². The average Bonchev–Trinajstić information content (AvgIpc) is 2.70. The summed E-state index contributed by atoms with van der Waals surface area (Å²) in [6.07, 6.45) is 3.27. The number of aryl methyl sites for hydroxylation is 1. The molecule has 8 nitrogen and oxygen atoms in total. The number of ether oxygens (including phenoxy) is 1. The van der Waals surface area contributed by atoms with Crippen molar-refractivity contribution in [1.29, 1.82) is 0 Å². The minimum Gasteiger partial charge on any atom is -0.455 e. The third-order valence-corrected chi connectivity index (χ3v) is 4.21. The summed E-state index contributed by atoms with van der Waals surface area (Å²) in [5.74, 6) is 0.817. The minimum absolute atomic E-state index is 0.142. The number of non-ortho nitro benzene ring substituents is 1. The topological polar surface area (TPSA) is 97.6 Å². The largest absolute Gasteiger partial charge is 0.455 e. The Kier molecular flexibility index (Phi) is 5.73. The van der Waals surface area contributed by atoms with E-state index in [0.717, 1.165) is 5.56 Å². The van der Waals surface area contributed by atoms with E-state index in [0.29, 0.717) is 22.9 Å². The van der Waals surface area contributed by atoms with E-state index in [1.807, 2.05) is 6.92 Å². The molecule has 148 valence electrons. The first-order chi connectivity index (χ1) is 13.8. The van der Waals surface area contributed by atoms with Gasteiger partial charge < -0.3 is 15.0 Å². The second-order valence-electron chi connectivity index (χ2n) is 6.58. The first-order valence-corrected chi connectivity index (χ1v) is 8.81. The molecule has 0 fully saturated rings.